The molecule has 78 valence electrons. The van der Waals surface area contributed by atoms with Gasteiger partial charge in [0.2, 0.25) is 11.8 Å². The highest BCUT2D eigenvalue weighted by Crippen LogP contribution is 2.33. The van der Waals surface area contributed by atoms with Gasteiger partial charge in [-0.2, -0.15) is 0 Å². The van der Waals surface area contributed by atoms with Crippen LogP contribution < -0.4 is 0 Å². The lowest BCUT2D eigenvalue weighted by atomic mass is 9.97. The third kappa shape index (κ3) is 1.48. The number of nitrogens with zero attached hydrogens (tertiary/aromatic N) is 1. The second kappa shape index (κ2) is 3.38. The van der Waals surface area contributed by atoms with Crippen LogP contribution in [0.2, 0.25) is 0 Å². The summed E-state index contributed by atoms with van der Waals surface area (Å²) in [5, 5.41) is 9.58. The molecule has 1 unspecified atom stereocenters. The van der Waals surface area contributed by atoms with Crippen molar-refractivity contribution in [2.24, 2.45) is 0 Å². The fourth-order valence-electron chi connectivity index (χ4n) is 1.78. The Morgan fingerprint density at radius 2 is 2.00 bits per heavy atom. The minimum absolute atomic E-state index is 0.0685. The summed E-state index contributed by atoms with van der Waals surface area (Å²) in [7, 11) is 1.46. The number of hydrogen-bond donors (Lipinski definition) is 1. The second-order valence-corrected chi connectivity index (χ2v) is 3.61. The van der Waals surface area contributed by atoms with Crippen molar-refractivity contribution in [1.82, 2.24) is 4.90 Å². The first-order valence-corrected chi connectivity index (χ1v) is 4.69. The van der Waals surface area contributed by atoms with Crippen molar-refractivity contribution in [3.05, 3.63) is 29.8 Å². The Morgan fingerprint density at radius 1 is 1.33 bits per heavy atom. The van der Waals surface area contributed by atoms with Crippen LogP contribution >= 0.6 is 0 Å². The molecule has 0 saturated carbocycles. The monoisotopic (exact) mass is 205 g/mol. The smallest absolute Gasteiger partial charge is 0.237 e. The molecule has 1 fully saturated rings. The molecule has 0 radical (unpaired) electrons. The van der Waals surface area contributed by atoms with Gasteiger partial charge in [0.25, 0.3) is 0 Å². The number of rotatable bonds is 1. The zero-order valence-electron chi connectivity index (χ0n) is 8.30. The number of carbonyl (C=O) groups is 2. The Kier molecular flexibility index (Phi) is 2.19. The number of aromatic hydroxyl groups is 1. The Bertz CT molecular complexity index is 428. The van der Waals surface area contributed by atoms with Crippen molar-refractivity contribution in [2.45, 2.75) is 12.3 Å². The van der Waals surface area contributed by atoms with Gasteiger partial charge in [-0.15, -0.1) is 0 Å². The molecular formula is C11H11NO3. The average molecular weight is 205 g/mol. The van der Waals surface area contributed by atoms with E-state index < -0.39 is 5.92 Å². The maximum Gasteiger partial charge on any atom is 0.237 e. The zero-order chi connectivity index (χ0) is 11.0. The van der Waals surface area contributed by atoms with Crippen molar-refractivity contribution in [1.29, 1.82) is 0 Å². The van der Waals surface area contributed by atoms with E-state index in [0.717, 1.165) is 4.90 Å². The summed E-state index contributed by atoms with van der Waals surface area (Å²) < 4.78 is 0. The molecule has 1 saturated heterocycles. The summed E-state index contributed by atoms with van der Waals surface area (Å²) in [5.41, 5.74) is 0.528. The molecule has 1 heterocycles. The second-order valence-electron chi connectivity index (χ2n) is 3.61. The molecule has 4 nitrogen and oxygen atoms in total. The van der Waals surface area contributed by atoms with Crippen LogP contribution in [0.3, 0.4) is 0 Å². The van der Waals surface area contributed by atoms with Crippen LogP contribution in [0.5, 0.6) is 5.75 Å². The molecule has 1 N–H and O–H groups in total. The molecular weight excluding hydrogens is 194 g/mol. The van der Waals surface area contributed by atoms with Gasteiger partial charge in [-0.25, -0.2) is 0 Å². The van der Waals surface area contributed by atoms with Gasteiger partial charge in [-0.3, -0.25) is 14.5 Å². The number of phenols is 1. The first-order valence-electron chi connectivity index (χ1n) is 4.69. The zero-order valence-corrected chi connectivity index (χ0v) is 8.30. The molecule has 1 aliphatic rings. The van der Waals surface area contributed by atoms with Gasteiger partial charge in [-0.1, -0.05) is 18.2 Å². The highest BCUT2D eigenvalue weighted by atomic mass is 16.3. The summed E-state index contributed by atoms with van der Waals surface area (Å²) >= 11 is 0. The largest absolute Gasteiger partial charge is 0.508 e. The van der Waals surface area contributed by atoms with E-state index in [1.54, 1.807) is 18.2 Å². The Morgan fingerprint density at radius 3 is 2.53 bits per heavy atom. The van der Waals surface area contributed by atoms with E-state index in [2.05, 4.69) is 0 Å². The number of phenolic OH excluding ortho intramolecular Hbond substituents is 1. The van der Waals surface area contributed by atoms with Gasteiger partial charge < -0.3 is 5.11 Å². The first kappa shape index (κ1) is 9.71. The molecule has 1 atom stereocenters. The van der Waals surface area contributed by atoms with Crippen molar-refractivity contribution in [2.75, 3.05) is 7.05 Å². The van der Waals surface area contributed by atoms with E-state index in [4.69, 9.17) is 0 Å². The summed E-state index contributed by atoms with van der Waals surface area (Å²) in [6, 6.07) is 6.62. The van der Waals surface area contributed by atoms with Gasteiger partial charge in [0.15, 0.2) is 0 Å². The van der Waals surface area contributed by atoms with Crippen LogP contribution in [0, 0.1) is 0 Å². The van der Waals surface area contributed by atoms with Gasteiger partial charge >= 0.3 is 0 Å². The van der Waals surface area contributed by atoms with E-state index in [9.17, 15) is 14.7 Å². The molecule has 4 heteroatoms. The average Bonchev–Trinajstić information content (AvgIpc) is 2.47. The van der Waals surface area contributed by atoms with Crippen molar-refractivity contribution in [3.63, 3.8) is 0 Å². The number of amides is 2. The third-order valence-electron chi connectivity index (χ3n) is 2.69. The topological polar surface area (TPSA) is 57.6 Å². The quantitative estimate of drug-likeness (QED) is 0.692. The predicted octanol–water partition coefficient (Wildman–Crippen LogP) is 0.864. The predicted molar refractivity (Wildman–Crippen MR) is 53.2 cm³/mol. The van der Waals surface area contributed by atoms with Crippen LogP contribution in [-0.4, -0.2) is 28.9 Å². The van der Waals surface area contributed by atoms with Crippen molar-refractivity contribution in [3.8, 4) is 5.75 Å². The van der Waals surface area contributed by atoms with Crippen molar-refractivity contribution >= 4 is 11.8 Å². The van der Waals surface area contributed by atoms with Crippen LogP contribution in [0.25, 0.3) is 0 Å². The normalized spacial score (nSPS) is 21.1. The number of benzene rings is 1. The Labute approximate surface area is 87.1 Å². The number of carbonyl (C=O) groups excluding carboxylic acids is 2. The van der Waals surface area contributed by atoms with E-state index in [1.165, 1.54) is 13.1 Å². The highest BCUT2D eigenvalue weighted by Gasteiger charge is 2.37. The SMILES string of the molecule is CN1C(=O)CC(c2ccccc2O)C1=O. The lowest BCUT2D eigenvalue weighted by molar-refractivity contribution is -0.137. The van der Waals surface area contributed by atoms with Gasteiger partial charge in [0.05, 0.1) is 5.92 Å². The third-order valence-corrected chi connectivity index (χ3v) is 2.69. The lowest BCUT2D eigenvalue weighted by Crippen LogP contribution is -2.25. The summed E-state index contributed by atoms with van der Waals surface area (Å²) in [6.07, 6.45) is 0.146. The molecule has 2 rings (SSSR count). The molecule has 0 spiro atoms. The molecule has 1 aromatic rings. The van der Waals surface area contributed by atoms with Crippen LogP contribution in [-0.2, 0) is 9.59 Å². The van der Waals surface area contributed by atoms with E-state index >= 15 is 0 Å². The molecule has 1 aliphatic heterocycles. The van der Waals surface area contributed by atoms with Crippen LogP contribution in [0.1, 0.15) is 17.9 Å². The number of likely N-dealkylation sites (tertiary alicyclic amines) is 1. The standard InChI is InChI=1S/C11H11NO3/c1-12-10(14)6-8(11(12)15)7-4-2-3-5-9(7)13/h2-5,8,13H,6H2,1H3. The maximum atomic E-state index is 11.7. The lowest BCUT2D eigenvalue weighted by Gasteiger charge is -2.10. The fraction of sp³-hybridized carbons (Fsp3) is 0.273. The van der Waals surface area contributed by atoms with Gasteiger partial charge in [0.1, 0.15) is 5.75 Å². The number of imide groups is 1. The van der Waals surface area contributed by atoms with Gasteiger partial charge in [-0.05, 0) is 6.07 Å². The van der Waals surface area contributed by atoms with E-state index in [1.807, 2.05) is 0 Å². The van der Waals surface area contributed by atoms with Crippen LogP contribution in [0.4, 0.5) is 0 Å². The molecule has 1 aromatic carbocycles. The Hall–Kier alpha value is -1.84. The number of hydrogen-bond acceptors (Lipinski definition) is 3. The molecule has 2 amide bonds. The minimum atomic E-state index is -0.524. The van der Waals surface area contributed by atoms with E-state index in [-0.39, 0.29) is 24.0 Å². The fourth-order valence-corrected chi connectivity index (χ4v) is 1.78. The van der Waals surface area contributed by atoms with E-state index in [0.29, 0.717) is 5.56 Å². The highest BCUT2D eigenvalue weighted by molar-refractivity contribution is 6.06. The Balaban J connectivity index is 2.38. The summed E-state index contributed by atoms with van der Waals surface area (Å²) in [4.78, 5) is 24.1. The molecule has 0 bridgehead atoms. The van der Waals surface area contributed by atoms with Gasteiger partial charge in [0, 0.05) is 19.0 Å². The number of para-hydroxylation sites is 1. The molecule has 15 heavy (non-hydrogen) atoms. The summed E-state index contributed by atoms with van der Waals surface area (Å²) in [6.45, 7) is 0. The maximum absolute atomic E-state index is 11.7. The summed E-state index contributed by atoms with van der Waals surface area (Å²) in [5.74, 6) is -0.905. The van der Waals surface area contributed by atoms with Crippen LogP contribution in [0.15, 0.2) is 24.3 Å². The molecule has 0 aliphatic carbocycles. The first-order chi connectivity index (χ1) is 7.11. The number of likely N-dealkylation sites (N-methyl/N-ethyl adjacent to an activating group) is 1. The minimum Gasteiger partial charge on any atom is -0.508 e. The van der Waals surface area contributed by atoms with Crippen molar-refractivity contribution < 1.29 is 14.7 Å². The molecule has 0 aromatic heterocycles.